The first-order valence-electron chi connectivity index (χ1n) is 7.35. The summed E-state index contributed by atoms with van der Waals surface area (Å²) in [7, 11) is 0. The van der Waals surface area contributed by atoms with Gasteiger partial charge < -0.3 is 9.57 Å². The predicted molar refractivity (Wildman–Crippen MR) is 84.3 cm³/mol. The number of hydrogen-bond acceptors (Lipinski definition) is 5. The first kappa shape index (κ1) is 15.5. The summed E-state index contributed by atoms with van der Waals surface area (Å²) in [5, 5.41) is 0. The Morgan fingerprint density at radius 3 is 2.22 bits per heavy atom. The Labute approximate surface area is 134 Å². The molecular weight excluding hydrogens is 296 g/mol. The summed E-state index contributed by atoms with van der Waals surface area (Å²) in [6.07, 6.45) is -0.635. The van der Waals surface area contributed by atoms with Gasteiger partial charge in [0.1, 0.15) is 13.2 Å². The summed E-state index contributed by atoms with van der Waals surface area (Å²) in [6.45, 7) is 0.584. The summed E-state index contributed by atoms with van der Waals surface area (Å²) in [6, 6.07) is 16.3. The summed E-state index contributed by atoms with van der Waals surface area (Å²) in [4.78, 5) is 20.8. The molecule has 0 unspecified atom stereocenters. The topological polar surface area (TPSA) is 82.8 Å². The van der Waals surface area contributed by atoms with Crippen LogP contribution in [0.4, 0.5) is 4.79 Å². The van der Waals surface area contributed by atoms with Gasteiger partial charge in [-0.2, -0.15) is 5.48 Å². The van der Waals surface area contributed by atoms with E-state index >= 15 is 0 Å². The van der Waals surface area contributed by atoms with Crippen molar-refractivity contribution in [1.82, 2.24) is 5.48 Å². The highest BCUT2D eigenvalue weighted by Gasteiger charge is 2.28. The largest absolute Gasteiger partial charge is 0.447 e. The molecule has 2 aromatic rings. The highest BCUT2D eigenvalue weighted by molar-refractivity contribution is 5.79. The van der Waals surface area contributed by atoms with Crippen LogP contribution in [-0.2, 0) is 14.4 Å². The first-order valence-corrected chi connectivity index (χ1v) is 7.35. The Morgan fingerprint density at radius 1 is 1.00 bits per heavy atom. The van der Waals surface area contributed by atoms with Crippen LogP contribution in [-0.4, -0.2) is 25.9 Å². The van der Waals surface area contributed by atoms with Crippen LogP contribution in [0.3, 0.4) is 0 Å². The number of hydrogen-bond donors (Lipinski definition) is 2. The van der Waals surface area contributed by atoms with E-state index in [1.807, 2.05) is 24.3 Å². The van der Waals surface area contributed by atoms with Crippen molar-refractivity contribution in [3.8, 4) is 11.1 Å². The highest BCUT2D eigenvalue weighted by atomic mass is 16.7. The fraction of sp³-hybridized carbons (Fsp3) is 0.235. The van der Waals surface area contributed by atoms with E-state index in [-0.39, 0.29) is 25.7 Å². The summed E-state index contributed by atoms with van der Waals surface area (Å²) in [5.74, 6) is 4.88. The minimum absolute atomic E-state index is 0.0283. The van der Waals surface area contributed by atoms with Gasteiger partial charge in [0.2, 0.25) is 0 Å². The number of nitrogens with one attached hydrogen (secondary N) is 1. The smallest absolute Gasteiger partial charge is 0.431 e. The molecule has 0 aliphatic heterocycles. The Kier molecular flexibility index (Phi) is 4.87. The average Bonchev–Trinajstić information content (AvgIpc) is 2.91. The molecule has 0 spiro atoms. The number of carbonyl (C=O) groups excluding carboxylic acids is 1. The number of fused-ring (bicyclic) bond motifs is 3. The maximum Gasteiger partial charge on any atom is 0.431 e. The van der Waals surface area contributed by atoms with Crippen LogP contribution in [0.15, 0.2) is 48.5 Å². The standard InChI is InChI=1S/C17H18N2O4/c18-22-9-10-23-19-17(20)21-11-16-14-7-3-1-5-12(14)13-6-2-4-8-15(13)16/h1-8,16H,9-11,18H2,(H,19,20). The van der Waals surface area contributed by atoms with Gasteiger partial charge in [0, 0.05) is 5.92 Å². The number of nitrogens with two attached hydrogens (primary N) is 1. The van der Waals surface area contributed by atoms with Crippen molar-refractivity contribution in [2.24, 2.45) is 5.90 Å². The van der Waals surface area contributed by atoms with E-state index in [1.165, 1.54) is 22.3 Å². The fourth-order valence-electron chi connectivity index (χ4n) is 2.83. The molecule has 3 N–H and O–H groups in total. The van der Waals surface area contributed by atoms with Gasteiger partial charge in [0.05, 0.1) is 6.61 Å². The monoisotopic (exact) mass is 314 g/mol. The lowest BCUT2D eigenvalue weighted by Crippen LogP contribution is -2.28. The van der Waals surface area contributed by atoms with Crippen LogP contribution in [0.25, 0.3) is 11.1 Å². The third-order valence-corrected chi connectivity index (χ3v) is 3.80. The third-order valence-electron chi connectivity index (χ3n) is 3.80. The molecule has 0 aromatic heterocycles. The Morgan fingerprint density at radius 2 is 1.61 bits per heavy atom. The molecule has 120 valence electrons. The van der Waals surface area contributed by atoms with E-state index in [4.69, 9.17) is 15.5 Å². The normalized spacial score (nSPS) is 12.6. The number of amides is 1. The van der Waals surface area contributed by atoms with Crippen LogP contribution >= 0.6 is 0 Å². The van der Waals surface area contributed by atoms with Crippen LogP contribution in [0.1, 0.15) is 17.0 Å². The van der Waals surface area contributed by atoms with Crippen LogP contribution in [0.5, 0.6) is 0 Å². The molecule has 0 heterocycles. The lowest BCUT2D eigenvalue weighted by molar-refractivity contribution is -0.00689. The second-order valence-corrected chi connectivity index (χ2v) is 5.15. The molecule has 0 saturated carbocycles. The van der Waals surface area contributed by atoms with Gasteiger partial charge in [-0.25, -0.2) is 10.7 Å². The van der Waals surface area contributed by atoms with Gasteiger partial charge in [-0.15, -0.1) is 0 Å². The maximum absolute atomic E-state index is 11.7. The summed E-state index contributed by atoms with van der Waals surface area (Å²) in [5.41, 5.74) is 6.90. The second kappa shape index (κ2) is 7.23. The van der Waals surface area contributed by atoms with Crippen molar-refractivity contribution in [2.75, 3.05) is 19.8 Å². The SMILES string of the molecule is NOCCONC(=O)OCC1c2ccccc2-c2ccccc21. The lowest BCUT2D eigenvalue weighted by atomic mass is 9.98. The van der Waals surface area contributed by atoms with Gasteiger partial charge in [0.15, 0.2) is 0 Å². The molecule has 6 nitrogen and oxygen atoms in total. The van der Waals surface area contributed by atoms with E-state index < -0.39 is 6.09 Å². The van der Waals surface area contributed by atoms with E-state index in [9.17, 15) is 4.79 Å². The summed E-state index contributed by atoms with van der Waals surface area (Å²) < 4.78 is 5.27. The van der Waals surface area contributed by atoms with Crippen molar-refractivity contribution in [2.45, 2.75) is 5.92 Å². The van der Waals surface area contributed by atoms with E-state index in [0.717, 1.165) is 0 Å². The molecule has 6 heteroatoms. The molecule has 0 radical (unpaired) electrons. The van der Waals surface area contributed by atoms with Crippen molar-refractivity contribution in [3.05, 3.63) is 59.7 Å². The molecule has 0 fully saturated rings. The van der Waals surface area contributed by atoms with Gasteiger partial charge in [-0.3, -0.25) is 4.84 Å². The molecule has 0 atom stereocenters. The maximum atomic E-state index is 11.7. The predicted octanol–water partition coefficient (Wildman–Crippen LogP) is 2.35. The number of benzene rings is 2. The second-order valence-electron chi connectivity index (χ2n) is 5.15. The molecule has 1 aliphatic rings. The minimum Gasteiger partial charge on any atom is -0.447 e. The van der Waals surface area contributed by atoms with Crippen LogP contribution < -0.4 is 11.4 Å². The van der Waals surface area contributed by atoms with E-state index in [1.54, 1.807) is 0 Å². The van der Waals surface area contributed by atoms with Gasteiger partial charge in [-0.1, -0.05) is 48.5 Å². The zero-order valence-electron chi connectivity index (χ0n) is 12.5. The zero-order valence-corrected chi connectivity index (χ0v) is 12.5. The van der Waals surface area contributed by atoms with Crippen LogP contribution in [0.2, 0.25) is 0 Å². The Bertz CT molecular complexity index is 644. The van der Waals surface area contributed by atoms with E-state index in [2.05, 4.69) is 34.6 Å². The molecule has 1 amide bonds. The van der Waals surface area contributed by atoms with Crippen molar-refractivity contribution >= 4 is 6.09 Å². The molecule has 2 aromatic carbocycles. The van der Waals surface area contributed by atoms with E-state index in [0.29, 0.717) is 0 Å². The third kappa shape index (κ3) is 3.34. The Balaban J connectivity index is 1.65. The molecule has 23 heavy (non-hydrogen) atoms. The zero-order chi connectivity index (χ0) is 16.1. The Hall–Kier alpha value is -2.41. The first-order chi connectivity index (χ1) is 11.3. The van der Waals surface area contributed by atoms with Gasteiger partial charge in [0.25, 0.3) is 0 Å². The molecule has 3 rings (SSSR count). The van der Waals surface area contributed by atoms with Gasteiger partial charge in [-0.05, 0) is 22.3 Å². The molecule has 1 aliphatic carbocycles. The minimum atomic E-state index is -0.635. The van der Waals surface area contributed by atoms with Gasteiger partial charge >= 0.3 is 6.09 Å². The number of ether oxygens (including phenoxy) is 1. The number of rotatable bonds is 6. The van der Waals surface area contributed by atoms with Crippen molar-refractivity contribution in [3.63, 3.8) is 0 Å². The highest BCUT2D eigenvalue weighted by Crippen LogP contribution is 2.44. The molecular formula is C17H18N2O4. The molecule has 0 saturated heterocycles. The average molecular weight is 314 g/mol. The fourth-order valence-corrected chi connectivity index (χ4v) is 2.83. The quantitative estimate of drug-likeness (QED) is 0.632. The van der Waals surface area contributed by atoms with Crippen LogP contribution in [0, 0.1) is 0 Å². The lowest BCUT2D eigenvalue weighted by Gasteiger charge is -2.14. The number of carbonyl (C=O) groups is 1. The van der Waals surface area contributed by atoms with Crippen molar-refractivity contribution < 1.29 is 19.2 Å². The molecule has 0 bridgehead atoms. The summed E-state index contributed by atoms with van der Waals surface area (Å²) >= 11 is 0. The number of hydroxylamine groups is 1. The van der Waals surface area contributed by atoms with Crippen molar-refractivity contribution in [1.29, 1.82) is 0 Å².